The highest BCUT2D eigenvalue weighted by Gasteiger charge is 2.11. The molecule has 0 saturated carbocycles. The lowest BCUT2D eigenvalue weighted by Gasteiger charge is -2.04. The van der Waals surface area contributed by atoms with Crippen LogP contribution >= 0.6 is 0 Å². The molecule has 0 bridgehead atoms. The Balaban J connectivity index is 1.59. The van der Waals surface area contributed by atoms with Gasteiger partial charge in [0.25, 0.3) is 5.91 Å². The largest absolute Gasteiger partial charge is 0.478 e. The van der Waals surface area contributed by atoms with Crippen LogP contribution in [-0.4, -0.2) is 23.5 Å². The van der Waals surface area contributed by atoms with Gasteiger partial charge in [-0.15, -0.1) is 0 Å². The molecule has 0 unspecified atom stereocenters. The predicted molar refractivity (Wildman–Crippen MR) is 112 cm³/mol. The van der Waals surface area contributed by atoms with Crippen LogP contribution in [0.3, 0.4) is 0 Å². The Bertz CT molecular complexity index is 1090. The summed E-state index contributed by atoms with van der Waals surface area (Å²) in [5, 5.41) is 21.0. The van der Waals surface area contributed by atoms with Gasteiger partial charge in [0, 0.05) is 18.2 Å². The van der Waals surface area contributed by atoms with E-state index in [9.17, 15) is 14.9 Å². The zero-order chi connectivity index (χ0) is 21.3. The Morgan fingerprint density at radius 2 is 1.77 bits per heavy atom. The van der Waals surface area contributed by atoms with Crippen LogP contribution in [0.15, 0.2) is 76.7 Å². The monoisotopic (exact) mass is 400 g/mol. The van der Waals surface area contributed by atoms with Crippen molar-refractivity contribution in [3.8, 4) is 17.4 Å². The third-order valence-electron chi connectivity index (χ3n) is 4.47. The molecule has 6 heteroatoms. The Hall–Kier alpha value is -4.11. The third-order valence-corrected chi connectivity index (χ3v) is 4.47. The summed E-state index contributed by atoms with van der Waals surface area (Å²) in [4.78, 5) is 23.2. The zero-order valence-corrected chi connectivity index (χ0v) is 16.2. The quantitative estimate of drug-likeness (QED) is 0.333. The van der Waals surface area contributed by atoms with Crippen molar-refractivity contribution >= 4 is 18.0 Å². The molecular weight excluding hydrogens is 380 g/mol. The van der Waals surface area contributed by atoms with Crippen LogP contribution in [0.4, 0.5) is 0 Å². The van der Waals surface area contributed by atoms with E-state index in [2.05, 4.69) is 5.32 Å². The van der Waals surface area contributed by atoms with Crippen molar-refractivity contribution in [2.75, 3.05) is 6.54 Å². The number of aryl methyl sites for hydroxylation is 1. The Labute approximate surface area is 174 Å². The van der Waals surface area contributed by atoms with Gasteiger partial charge in [0.15, 0.2) is 0 Å². The van der Waals surface area contributed by atoms with Crippen LogP contribution in [0, 0.1) is 11.3 Å². The fourth-order valence-corrected chi connectivity index (χ4v) is 2.89. The molecule has 6 nitrogen and oxygen atoms in total. The minimum atomic E-state index is -1.00. The van der Waals surface area contributed by atoms with Crippen LogP contribution in [0.2, 0.25) is 0 Å². The average molecular weight is 400 g/mol. The summed E-state index contributed by atoms with van der Waals surface area (Å²) >= 11 is 0. The molecule has 0 aliphatic carbocycles. The number of hydrogen-bond donors (Lipinski definition) is 2. The van der Waals surface area contributed by atoms with Crippen molar-refractivity contribution in [1.29, 1.82) is 5.26 Å². The summed E-state index contributed by atoms with van der Waals surface area (Å²) in [5.74, 6) is -0.575. The standard InChI is InChI=1S/C24H20N2O4/c25-16-20(23(27)26-14-4-7-17-5-2-1-3-6-17)15-21-12-13-22(30-21)18-8-10-19(11-9-18)24(28)29/h1-3,5-6,8-13,15H,4,7,14H2,(H,26,27)(H,28,29)/b20-15-. The lowest BCUT2D eigenvalue weighted by Crippen LogP contribution is -2.25. The van der Waals surface area contributed by atoms with Gasteiger partial charge >= 0.3 is 5.97 Å². The SMILES string of the molecule is N#C/C(=C/c1ccc(-c2ccc(C(=O)O)cc2)o1)C(=O)NCCCc1ccccc1. The predicted octanol–water partition coefficient (Wildman–Crippen LogP) is 4.30. The van der Waals surface area contributed by atoms with Crippen LogP contribution in [-0.2, 0) is 11.2 Å². The minimum absolute atomic E-state index is 0.0446. The number of furan rings is 1. The second-order valence-corrected chi connectivity index (χ2v) is 6.60. The number of nitrogens with zero attached hydrogens (tertiary/aromatic N) is 1. The van der Waals surface area contributed by atoms with Crippen LogP contribution in [0.5, 0.6) is 0 Å². The van der Waals surface area contributed by atoms with E-state index in [1.54, 1.807) is 24.3 Å². The van der Waals surface area contributed by atoms with Crippen LogP contribution in [0.1, 0.15) is 28.1 Å². The summed E-state index contributed by atoms with van der Waals surface area (Å²) in [7, 11) is 0. The molecule has 0 fully saturated rings. The number of aromatic carboxylic acids is 1. The second kappa shape index (κ2) is 9.89. The van der Waals surface area contributed by atoms with Crippen molar-refractivity contribution in [3.05, 3.63) is 89.2 Å². The Morgan fingerprint density at radius 3 is 2.43 bits per heavy atom. The van der Waals surface area contributed by atoms with Crippen molar-refractivity contribution in [2.24, 2.45) is 0 Å². The number of amides is 1. The van der Waals surface area contributed by atoms with Crippen molar-refractivity contribution in [1.82, 2.24) is 5.32 Å². The first-order valence-electron chi connectivity index (χ1n) is 9.44. The van der Waals surface area contributed by atoms with Gasteiger partial charge in [0.05, 0.1) is 5.56 Å². The van der Waals surface area contributed by atoms with E-state index in [1.807, 2.05) is 36.4 Å². The molecule has 0 aliphatic heterocycles. The molecule has 1 aromatic heterocycles. The lowest BCUT2D eigenvalue weighted by atomic mass is 10.1. The number of carbonyl (C=O) groups is 2. The molecule has 30 heavy (non-hydrogen) atoms. The first-order valence-corrected chi connectivity index (χ1v) is 9.44. The van der Waals surface area contributed by atoms with Gasteiger partial charge in [-0.05, 0) is 42.7 Å². The first kappa shape index (κ1) is 20.6. The molecule has 3 rings (SSSR count). The topological polar surface area (TPSA) is 103 Å². The average Bonchev–Trinajstić information content (AvgIpc) is 3.24. The fourth-order valence-electron chi connectivity index (χ4n) is 2.89. The lowest BCUT2D eigenvalue weighted by molar-refractivity contribution is -0.117. The maximum absolute atomic E-state index is 12.3. The number of hydrogen-bond acceptors (Lipinski definition) is 4. The van der Waals surface area contributed by atoms with Crippen LogP contribution in [0.25, 0.3) is 17.4 Å². The van der Waals surface area contributed by atoms with Gasteiger partial charge in [-0.1, -0.05) is 42.5 Å². The molecule has 0 aliphatic rings. The maximum Gasteiger partial charge on any atom is 0.335 e. The van der Waals surface area contributed by atoms with Crippen LogP contribution < -0.4 is 5.32 Å². The molecular formula is C24H20N2O4. The van der Waals surface area contributed by atoms with E-state index in [-0.39, 0.29) is 11.1 Å². The minimum Gasteiger partial charge on any atom is -0.478 e. The summed E-state index contributed by atoms with van der Waals surface area (Å²) in [6, 6.07) is 21.5. The number of nitrogens with one attached hydrogen (secondary N) is 1. The molecule has 1 heterocycles. The Morgan fingerprint density at radius 1 is 1.03 bits per heavy atom. The second-order valence-electron chi connectivity index (χ2n) is 6.60. The van der Waals surface area contributed by atoms with Crippen molar-refractivity contribution in [3.63, 3.8) is 0 Å². The van der Waals surface area contributed by atoms with Gasteiger partial charge in [0.2, 0.25) is 0 Å². The molecule has 0 saturated heterocycles. The number of carboxylic acid groups (broad SMARTS) is 1. The maximum atomic E-state index is 12.3. The molecule has 0 radical (unpaired) electrons. The summed E-state index contributed by atoms with van der Waals surface area (Å²) in [6.45, 7) is 0.464. The van der Waals surface area contributed by atoms with Gasteiger partial charge in [0.1, 0.15) is 23.2 Å². The summed E-state index contributed by atoms with van der Waals surface area (Å²) < 4.78 is 5.68. The number of nitriles is 1. The highest BCUT2D eigenvalue weighted by atomic mass is 16.4. The highest BCUT2D eigenvalue weighted by Crippen LogP contribution is 2.24. The van der Waals surface area contributed by atoms with E-state index in [1.165, 1.54) is 23.8 Å². The number of carboxylic acids is 1. The zero-order valence-electron chi connectivity index (χ0n) is 16.2. The first-order chi connectivity index (χ1) is 14.6. The van der Waals surface area contributed by atoms with E-state index >= 15 is 0 Å². The third kappa shape index (κ3) is 5.46. The summed E-state index contributed by atoms with van der Waals surface area (Å²) in [5.41, 5.74) is 2.03. The highest BCUT2D eigenvalue weighted by molar-refractivity contribution is 6.01. The fraction of sp³-hybridized carbons (Fsp3) is 0.125. The van der Waals surface area contributed by atoms with Crippen molar-refractivity contribution in [2.45, 2.75) is 12.8 Å². The van der Waals surface area contributed by atoms with Gasteiger partial charge in [-0.3, -0.25) is 4.79 Å². The van der Waals surface area contributed by atoms with E-state index in [0.29, 0.717) is 23.6 Å². The molecule has 0 spiro atoms. The molecule has 0 atom stereocenters. The molecule has 1 amide bonds. The van der Waals surface area contributed by atoms with Gasteiger partial charge < -0.3 is 14.8 Å². The molecule has 2 aromatic carbocycles. The Kier molecular flexibility index (Phi) is 6.80. The normalized spacial score (nSPS) is 11.0. The van der Waals surface area contributed by atoms with Gasteiger partial charge in [-0.25, -0.2) is 4.79 Å². The summed E-state index contributed by atoms with van der Waals surface area (Å²) in [6.07, 6.45) is 3.00. The number of carbonyl (C=O) groups excluding carboxylic acids is 1. The van der Waals surface area contributed by atoms with E-state index in [4.69, 9.17) is 9.52 Å². The van der Waals surface area contributed by atoms with Crippen molar-refractivity contribution < 1.29 is 19.1 Å². The number of rotatable bonds is 8. The molecule has 3 aromatic rings. The van der Waals surface area contributed by atoms with E-state index < -0.39 is 11.9 Å². The smallest absolute Gasteiger partial charge is 0.335 e. The molecule has 2 N–H and O–H groups in total. The molecule has 150 valence electrons. The van der Waals surface area contributed by atoms with Gasteiger partial charge in [-0.2, -0.15) is 5.26 Å². The number of benzene rings is 2. The van der Waals surface area contributed by atoms with E-state index in [0.717, 1.165) is 12.8 Å².